The van der Waals surface area contributed by atoms with Crippen molar-refractivity contribution in [1.82, 2.24) is 0 Å². The topological polar surface area (TPSA) is 96.6 Å². The number of carbonyl (C=O) groups excluding carboxylic acids is 1. The van der Waals surface area contributed by atoms with Crippen LogP contribution in [0.3, 0.4) is 0 Å². The second kappa shape index (κ2) is 11.9. The first-order chi connectivity index (χ1) is 14.0. The second-order valence-corrected chi connectivity index (χ2v) is 7.91. The fourth-order valence-corrected chi connectivity index (χ4v) is 4.29. The Kier molecular flexibility index (Phi) is 9.56. The van der Waals surface area contributed by atoms with Gasteiger partial charge in [0.1, 0.15) is 0 Å². The van der Waals surface area contributed by atoms with E-state index in [0.717, 1.165) is 19.3 Å². The van der Waals surface area contributed by atoms with Crippen molar-refractivity contribution >= 4 is 11.8 Å². The Labute approximate surface area is 173 Å². The molecule has 2 aliphatic rings. The zero-order valence-corrected chi connectivity index (χ0v) is 17.3. The Hall–Kier alpha value is -1.97. The summed E-state index contributed by atoms with van der Waals surface area (Å²) < 4.78 is 11.9. The number of unbranched alkanes of at least 4 members (excludes halogenated alkanes) is 3. The van der Waals surface area contributed by atoms with Crippen LogP contribution in [-0.2, 0) is 19.1 Å². The average Bonchev–Trinajstić information content (AvgIpc) is 3.28. The molecule has 1 saturated heterocycles. The third-order valence-corrected chi connectivity index (χ3v) is 5.79. The van der Waals surface area contributed by atoms with Crippen LogP contribution in [0, 0.1) is 29.1 Å². The highest BCUT2D eigenvalue weighted by Crippen LogP contribution is 2.51. The van der Waals surface area contributed by atoms with Gasteiger partial charge in [-0.25, -0.2) is 0 Å². The van der Waals surface area contributed by atoms with Crippen LogP contribution in [0.1, 0.15) is 64.7 Å². The molecule has 0 aromatic rings. The molecule has 1 saturated carbocycles. The molecule has 29 heavy (non-hydrogen) atoms. The molecule has 0 bridgehead atoms. The van der Waals surface area contributed by atoms with E-state index in [2.05, 4.69) is 13.0 Å². The van der Waals surface area contributed by atoms with Crippen LogP contribution in [0.25, 0.3) is 0 Å². The predicted molar refractivity (Wildman–Crippen MR) is 109 cm³/mol. The van der Waals surface area contributed by atoms with Crippen molar-refractivity contribution in [3.05, 3.63) is 24.3 Å². The molecule has 0 aromatic carbocycles. The molecule has 0 aromatic heterocycles. The number of aliphatic carboxylic acids is 1. The fourth-order valence-electron chi connectivity index (χ4n) is 4.29. The third-order valence-electron chi connectivity index (χ3n) is 5.79. The molecule has 1 heterocycles. The number of nitrogens with zero attached hydrogens (tertiary/aromatic N) is 1. The van der Waals surface area contributed by atoms with E-state index in [1.54, 1.807) is 6.08 Å². The Morgan fingerprint density at radius 2 is 1.93 bits per heavy atom. The maximum Gasteiger partial charge on any atom is 0.303 e. The van der Waals surface area contributed by atoms with Crippen molar-refractivity contribution in [2.24, 2.45) is 17.8 Å². The van der Waals surface area contributed by atoms with Crippen LogP contribution in [-0.4, -0.2) is 35.9 Å². The summed E-state index contributed by atoms with van der Waals surface area (Å²) in [5.41, 5.74) is 0. The van der Waals surface area contributed by atoms with Gasteiger partial charge >= 0.3 is 5.97 Å². The van der Waals surface area contributed by atoms with Gasteiger partial charge in [-0.2, -0.15) is 5.26 Å². The van der Waals surface area contributed by atoms with E-state index in [0.29, 0.717) is 45.3 Å². The van der Waals surface area contributed by atoms with E-state index >= 15 is 0 Å². The van der Waals surface area contributed by atoms with Crippen LogP contribution in [0.5, 0.6) is 0 Å². The van der Waals surface area contributed by atoms with Crippen molar-refractivity contribution in [2.75, 3.05) is 13.2 Å². The van der Waals surface area contributed by atoms with Crippen molar-refractivity contribution in [3.63, 3.8) is 0 Å². The maximum absolute atomic E-state index is 12.2. The van der Waals surface area contributed by atoms with E-state index in [-0.39, 0.29) is 30.0 Å². The summed E-state index contributed by atoms with van der Waals surface area (Å²) in [5.74, 6) is -1.83. The first-order valence-corrected chi connectivity index (χ1v) is 10.8. The lowest BCUT2D eigenvalue weighted by Gasteiger charge is -2.30. The molecule has 3 unspecified atom stereocenters. The van der Waals surface area contributed by atoms with E-state index in [1.165, 1.54) is 0 Å². The van der Waals surface area contributed by atoms with Crippen molar-refractivity contribution in [2.45, 2.75) is 70.5 Å². The molecule has 0 amide bonds. The molecule has 160 valence electrons. The quantitative estimate of drug-likeness (QED) is 0.294. The molecule has 6 heteroatoms. The first kappa shape index (κ1) is 23.3. The SMILES string of the molecule is CCCCCC(=O)C=CC1C(C#N)CC2(OCCO2)C1CC=CCCCC(=O)O. The minimum atomic E-state index is -0.786. The van der Waals surface area contributed by atoms with E-state index in [1.807, 2.05) is 18.2 Å². The first-order valence-electron chi connectivity index (χ1n) is 10.8. The highest BCUT2D eigenvalue weighted by atomic mass is 16.7. The molecule has 2 rings (SSSR count). The maximum atomic E-state index is 12.2. The van der Waals surface area contributed by atoms with E-state index < -0.39 is 11.8 Å². The number of carboxylic acid groups (broad SMARTS) is 1. The highest BCUT2D eigenvalue weighted by molar-refractivity contribution is 5.89. The smallest absolute Gasteiger partial charge is 0.303 e. The highest BCUT2D eigenvalue weighted by Gasteiger charge is 2.56. The fraction of sp³-hybridized carbons (Fsp3) is 0.696. The molecule has 1 aliphatic carbocycles. The molecular formula is C23H33NO5. The van der Waals surface area contributed by atoms with Gasteiger partial charge in [0.05, 0.1) is 25.2 Å². The molecule has 1 spiro atoms. The van der Waals surface area contributed by atoms with Crippen molar-refractivity contribution < 1.29 is 24.2 Å². The Morgan fingerprint density at radius 3 is 2.59 bits per heavy atom. The van der Waals surface area contributed by atoms with Crippen LogP contribution >= 0.6 is 0 Å². The summed E-state index contributed by atoms with van der Waals surface area (Å²) in [7, 11) is 0. The van der Waals surface area contributed by atoms with Crippen LogP contribution in [0.4, 0.5) is 0 Å². The van der Waals surface area contributed by atoms with Crippen LogP contribution in [0.15, 0.2) is 24.3 Å². The van der Waals surface area contributed by atoms with Gasteiger partial charge in [-0.1, -0.05) is 38.0 Å². The number of rotatable bonds is 12. The predicted octanol–water partition coefficient (Wildman–Crippen LogP) is 4.41. The molecule has 0 radical (unpaired) electrons. The average molecular weight is 404 g/mol. The summed E-state index contributed by atoms with van der Waals surface area (Å²) in [4.78, 5) is 22.8. The van der Waals surface area contributed by atoms with Crippen molar-refractivity contribution in [3.8, 4) is 6.07 Å². The third kappa shape index (κ3) is 6.80. The normalized spacial score (nSPS) is 25.9. The Morgan fingerprint density at radius 1 is 1.17 bits per heavy atom. The standard InChI is InChI=1S/C23H33NO5/c1-2-3-6-9-19(25)12-13-20-18(17-24)16-23(28-14-15-29-23)21(20)10-7-4-5-8-11-22(26)27/h4,7,12-13,18,20-21H,2-3,5-6,8-11,14-16H2,1H3,(H,26,27). The molecule has 2 fully saturated rings. The summed E-state index contributed by atoms with van der Waals surface area (Å²) in [5, 5.41) is 18.4. The lowest BCUT2D eigenvalue weighted by Crippen LogP contribution is -2.36. The number of hydrogen-bond acceptors (Lipinski definition) is 5. The summed E-state index contributed by atoms with van der Waals surface area (Å²) in [6, 6.07) is 2.38. The van der Waals surface area contributed by atoms with Gasteiger partial charge in [-0.05, 0) is 31.8 Å². The van der Waals surface area contributed by atoms with Crippen LogP contribution < -0.4 is 0 Å². The summed E-state index contributed by atoms with van der Waals surface area (Å²) in [6.07, 6.45) is 13.8. The van der Waals surface area contributed by atoms with Gasteiger partial charge < -0.3 is 14.6 Å². The number of ketones is 1. The van der Waals surface area contributed by atoms with E-state index in [9.17, 15) is 14.9 Å². The zero-order chi connectivity index (χ0) is 21.1. The van der Waals surface area contributed by atoms with Gasteiger partial charge in [0.15, 0.2) is 11.6 Å². The number of nitriles is 1. The lowest BCUT2D eigenvalue weighted by atomic mass is 9.85. The summed E-state index contributed by atoms with van der Waals surface area (Å²) in [6.45, 7) is 3.14. The number of hydrogen-bond donors (Lipinski definition) is 1. The van der Waals surface area contributed by atoms with Crippen LogP contribution in [0.2, 0.25) is 0 Å². The van der Waals surface area contributed by atoms with E-state index in [4.69, 9.17) is 14.6 Å². The lowest BCUT2D eigenvalue weighted by molar-refractivity contribution is -0.184. The minimum Gasteiger partial charge on any atom is -0.481 e. The van der Waals surface area contributed by atoms with Gasteiger partial charge in [0, 0.05) is 31.1 Å². The van der Waals surface area contributed by atoms with Gasteiger partial charge in [0.25, 0.3) is 0 Å². The molecule has 1 aliphatic heterocycles. The molecule has 1 N–H and O–H groups in total. The zero-order valence-electron chi connectivity index (χ0n) is 17.3. The number of allylic oxidation sites excluding steroid dienone is 4. The number of carbonyl (C=O) groups is 2. The molecule has 3 atom stereocenters. The van der Waals surface area contributed by atoms with Crippen molar-refractivity contribution in [1.29, 1.82) is 5.26 Å². The monoisotopic (exact) mass is 403 g/mol. The second-order valence-electron chi connectivity index (χ2n) is 7.91. The number of ether oxygens (including phenoxy) is 2. The molecule has 6 nitrogen and oxygen atoms in total. The Bertz CT molecular complexity index is 642. The largest absolute Gasteiger partial charge is 0.481 e. The summed E-state index contributed by atoms with van der Waals surface area (Å²) >= 11 is 0. The minimum absolute atomic E-state index is 0.0370. The molecular weight excluding hydrogens is 370 g/mol. The van der Waals surface area contributed by atoms with Gasteiger partial charge in [0.2, 0.25) is 0 Å². The Balaban J connectivity index is 2.04. The van der Waals surface area contributed by atoms with Gasteiger partial charge in [-0.15, -0.1) is 0 Å². The number of carboxylic acids is 1. The van der Waals surface area contributed by atoms with Gasteiger partial charge in [-0.3, -0.25) is 9.59 Å².